The third-order valence-electron chi connectivity index (χ3n) is 5.71. The number of urea groups is 1. The van der Waals surface area contributed by atoms with Gasteiger partial charge in [0.05, 0.1) is 18.7 Å². The van der Waals surface area contributed by atoms with Crippen LogP contribution >= 0.6 is 0 Å². The number of anilines is 2. The van der Waals surface area contributed by atoms with Gasteiger partial charge in [0.2, 0.25) is 5.91 Å². The average molecular weight is 379 g/mol. The Kier molecular flexibility index (Phi) is 5.05. The monoisotopic (exact) mass is 379 g/mol. The van der Waals surface area contributed by atoms with Gasteiger partial charge >= 0.3 is 6.03 Å². The fourth-order valence-electron chi connectivity index (χ4n) is 4.46. The minimum Gasteiger partial charge on any atom is -0.394 e. The van der Waals surface area contributed by atoms with Crippen LogP contribution < -0.4 is 10.2 Å². The molecule has 28 heavy (non-hydrogen) atoms. The van der Waals surface area contributed by atoms with Crippen molar-refractivity contribution in [2.24, 2.45) is 0 Å². The third-order valence-corrected chi connectivity index (χ3v) is 5.71. The van der Waals surface area contributed by atoms with E-state index in [1.807, 2.05) is 61.5 Å². The fourth-order valence-corrected chi connectivity index (χ4v) is 4.46. The Labute approximate surface area is 164 Å². The number of fused-ring (bicyclic) bond motifs is 3. The second-order valence-electron chi connectivity index (χ2n) is 7.36. The van der Waals surface area contributed by atoms with Gasteiger partial charge in [0.25, 0.3) is 0 Å². The Balaban J connectivity index is 1.63. The molecule has 2 aromatic rings. The van der Waals surface area contributed by atoms with Gasteiger partial charge in [-0.15, -0.1) is 0 Å². The van der Waals surface area contributed by atoms with Gasteiger partial charge < -0.3 is 20.2 Å². The Hall–Kier alpha value is -2.86. The molecule has 1 saturated heterocycles. The SMILES string of the molecule is CCCC(=O)N1C[C@@H]2[C@H](c3ccccc31)[C@H](CO)N2C(=O)Nc1ccccc1. The molecule has 2 aliphatic rings. The molecule has 0 spiro atoms. The zero-order chi connectivity index (χ0) is 19.7. The molecule has 2 heterocycles. The summed E-state index contributed by atoms with van der Waals surface area (Å²) in [6, 6.07) is 16.4. The van der Waals surface area contributed by atoms with Crippen molar-refractivity contribution < 1.29 is 14.7 Å². The number of benzene rings is 2. The number of hydrogen-bond donors (Lipinski definition) is 2. The Morgan fingerprint density at radius 1 is 1.11 bits per heavy atom. The van der Waals surface area contributed by atoms with E-state index in [2.05, 4.69) is 5.32 Å². The van der Waals surface area contributed by atoms with Gasteiger partial charge in [-0.05, 0) is 30.2 Å². The number of nitrogens with zero attached hydrogens (tertiary/aromatic N) is 2. The lowest BCUT2D eigenvalue weighted by Gasteiger charge is -2.58. The van der Waals surface area contributed by atoms with E-state index in [-0.39, 0.29) is 36.5 Å². The number of carbonyl (C=O) groups excluding carboxylic acids is 2. The van der Waals surface area contributed by atoms with Crippen LogP contribution in [0.15, 0.2) is 54.6 Å². The first-order valence-electron chi connectivity index (χ1n) is 9.80. The summed E-state index contributed by atoms with van der Waals surface area (Å²) < 4.78 is 0. The predicted molar refractivity (Wildman–Crippen MR) is 108 cm³/mol. The van der Waals surface area contributed by atoms with Gasteiger partial charge in [-0.25, -0.2) is 4.79 Å². The second kappa shape index (κ2) is 7.64. The van der Waals surface area contributed by atoms with Crippen LogP contribution in [0.3, 0.4) is 0 Å². The largest absolute Gasteiger partial charge is 0.394 e. The first kappa shape index (κ1) is 18.5. The van der Waals surface area contributed by atoms with Crippen molar-refractivity contribution in [3.8, 4) is 0 Å². The molecule has 0 saturated carbocycles. The topological polar surface area (TPSA) is 72.9 Å². The molecular formula is C22H25N3O3. The van der Waals surface area contributed by atoms with E-state index in [0.717, 1.165) is 17.7 Å². The fraction of sp³-hybridized carbons (Fsp3) is 0.364. The molecule has 6 nitrogen and oxygen atoms in total. The Bertz CT molecular complexity index is 870. The summed E-state index contributed by atoms with van der Waals surface area (Å²) in [7, 11) is 0. The number of aliphatic hydroxyl groups is 1. The summed E-state index contributed by atoms with van der Waals surface area (Å²) in [4.78, 5) is 29.1. The van der Waals surface area contributed by atoms with Gasteiger partial charge in [-0.2, -0.15) is 0 Å². The first-order chi connectivity index (χ1) is 13.7. The summed E-state index contributed by atoms with van der Waals surface area (Å²) in [5.41, 5.74) is 2.65. The Morgan fingerprint density at radius 3 is 2.54 bits per heavy atom. The summed E-state index contributed by atoms with van der Waals surface area (Å²) in [5, 5.41) is 12.9. The van der Waals surface area contributed by atoms with E-state index in [1.54, 1.807) is 9.80 Å². The molecule has 4 rings (SSSR count). The molecule has 3 atom stereocenters. The molecule has 0 unspecified atom stereocenters. The van der Waals surface area contributed by atoms with E-state index >= 15 is 0 Å². The molecule has 0 radical (unpaired) electrons. The standard InChI is InChI=1S/C22H25N3O3/c1-2-8-20(27)24-13-18-21(16-11-6-7-12-17(16)24)19(14-26)25(18)22(28)23-15-9-4-3-5-10-15/h3-7,9-12,18-19,21,26H,2,8,13-14H2,1H3,(H,23,28)/t18-,19+,21+/m1/s1. The minimum absolute atomic E-state index is 0.0356. The molecule has 0 bridgehead atoms. The van der Waals surface area contributed by atoms with Gasteiger partial charge in [-0.3, -0.25) is 4.79 Å². The minimum atomic E-state index is -0.293. The molecule has 2 aromatic carbocycles. The van der Waals surface area contributed by atoms with Crippen molar-refractivity contribution in [3.63, 3.8) is 0 Å². The maximum atomic E-state index is 12.9. The number of likely N-dealkylation sites (tertiary alicyclic amines) is 1. The highest BCUT2D eigenvalue weighted by atomic mass is 16.3. The number of nitrogens with one attached hydrogen (secondary N) is 1. The van der Waals surface area contributed by atoms with Crippen LogP contribution in [-0.4, -0.2) is 47.2 Å². The van der Waals surface area contributed by atoms with E-state index < -0.39 is 0 Å². The van der Waals surface area contributed by atoms with E-state index in [4.69, 9.17) is 0 Å². The molecule has 0 aliphatic carbocycles. The van der Waals surface area contributed by atoms with Gasteiger partial charge in [0.15, 0.2) is 0 Å². The lowest BCUT2D eigenvalue weighted by Crippen LogP contribution is -2.71. The number of aliphatic hydroxyl groups excluding tert-OH is 1. The zero-order valence-corrected chi connectivity index (χ0v) is 15.9. The van der Waals surface area contributed by atoms with Crippen molar-refractivity contribution in [1.82, 2.24) is 4.90 Å². The van der Waals surface area contributed by atoms with E-state index in [0.29, 0.717) is 18.7 Å². The van der Waals surface area contributed by atoms with Crippen LogP contribution in [0.4, 0.5) is 16.2 Å². The molecule has 6 heteroatoms. The van der Waals surface area contributed by atoms with Crippen molar-refractivity contribution in [3.05, 3.63) is 60.2 Å². The first-order valence-corrected chi connectivity index (χ1v) is 9.80. The average Bonchev–Trinajstić information content (AvgIpc) is 2.69. The van der Waals surface area contributed by atoms with Crippen molar-refractivity contribution in [2.75, 3.05) is 23.4 Å². The van der Waals surface area contributed by atoms with Crippen LogP contribution in [0.2, 0.25) is 0 Å². The summed E-state index contributed by atoms with van der Waals surface area (Å²) in [5.74, 6) is 0.109. The number of hydrogen-bond acceptors (Lipinski definition) is 3. The summed E-state index contributed by atoms with van der Waals surface area (Å²) >= 11 is 0. The smallest absolute Gasteiger partial charge is 0.322 e. The van der Waals surface area contributed by atoms with E-state index in [9.17, 15) is 14.7 Å². The molecule has 1 fully saturated rings. The summed E-state index contributed by atoms with van der Waals surface area (Å²) in [6.07, 6.45) is 1.26. The van der Waals surface area contributed by atoms with Crippen LogP contribution in [0.25, 0.3) is 0 Å². The molecule has 2 N–H and O–H groups in total. The van der Waals surface area contributed by atoms with Crippen molar-refractivity contribution >= 4 is 23.3 Å². The maximum Gasteiger partial charge on any atom is 0.322 e. The number of para-hydroxylation sites is 2. The van der Waals surface area contributed by atoms with Gasteiger partial charge in [0.1, 0.15) is 0 Å². The lowest BCUT2D eigenvalue weighted by molar-refractivity contribution is -0.119. The zero-order valence-electron chi connectivity index (χ0n) is 15.9. The van der Waals surface area contributed by atoms with E-state index in [1.165, 1.54) is 0 Å². The van der Waals surface area contributed by atoms with Crippen LogP contribution in [0.5, 0.6) is 0 Å². The number of amides is 3. The third kappa shape index (κ3) is 3.03. The second-order valence-corrected chi connectivity index (χ2v) is 7.36. The van der Waals surface area contributed by atoms with Crippen LogP contribution in [0, 0.1) is 0 Å². The van der Waals surface area contributed by atoms with Gasteiger partial charge in [0, 0.05) is 30.3 Å². The quantitative estimate of drug-likeness (QED) is 0.857. The van der Waals surface area contributed by atoms with Crippen molar-refractivity contribution in [1.29, 1.82) is 0 Å². The molecular weight excluding hydrogens is 354 g/mol. The predicted octanol–water partition coefficient (Wildman–Crippen LogP) is 3.19. The van der Waals surface area contributed by atoms with Crippen LogP contribution in [-0.2, 0) is 4.79 Å². The normalized spacial score (nSPS) is 22.7. The Morgan fingerprint density at radius 2 is 1.82 bits per heavy atom. The molecule has 146 valence electrons. The van der Waals surface area contributed by atoms with Crippen molar-refractivity contribution in [2.45, 2.75) is 37.8 Å². The molecule has 3 amide bonds. The molecule has 0 aromatic heterocycles. The number of carbonyl (C=O) groups is 2. The lowest BCUT2D eigenvalue weighted by atomic mass is 9.72. The maximum absolute atomic E-state index is 12.9. The van der Waals surface area contributed by atoms with Gasteiger partial charge in [-0.1, -0.05) is 43.3 Å². The summed E-state index contributed by atoms with van der Waals surface area (Å²) in [6.45, 7) is 2.33. The highest BCUT2D eigenvalue weighted by Crippen LogP contribution is 2.48. The van der Waals surface area contributed by atoms with Crippen LogP contribution in [0.1, 0.15) is 31.2 Å². The molecule has 2 aliphatic heterocycles. The highest BCUT2D eigenvalue weighted by Gasteiger charge is 2.55. The highest BCUT2D eigenvalue weighted by molar-refractivity contribution is 5.96. The number of rotatable bonds is 4.